The lowest BCUT2D eigenvalue weighted by atomic mass is 9.86. The second-order valence-electron chi connectivity index (χ2n) is 6.96. The fourth-order valence-corrected chi connectivity index (χ4v) is 2.43. The van der Waals surface area contributed by atoms with E-state index in [4.69, 9.17) is 4.74 Å². The molecule has 0 saturated heterocycles. The number of hydrogen-bond donors (Lipinski definition) is 1. The molecule has 0 aliphatic carbocycles. The molecule has 1 N–H and O–H groups in total. The summed E-state index contributed by atoms with van der Waals surface area (Å²) < 4.78 is 5.80. The number of benzene rings is 2. The van der Waals surface area contributed by atoms with E-state index in [0.29, 0.717) is 0 Å². The van der Waals surface area contributed by atoms with E-state index in [9.17, 15) is 4.79 Å². The molecular formula is C20H25NO2. The monoisotopic (exact) mass is 311 g/mol. The molecule has 0 unspecified atom stereocenters. The van der Waals surface area contributed by atoms with E-state index in [2.05, 4.69) is 38.2 Å². The number of carbonyl (C=O) groups is 1. The summed E-state index contributed by atoms with van der Waals surface area (Å²) in [5, 5.41) is 2.86. The lowest BCUT2D eigenvalue weighted by molar-refractivity contribution is -0.118. The second-order valence-corrected chi connectivity index (χ2v) is 6.96. The molecule has 23 heavy (non-hydrogen) atoms. The molecule has 0 aromatic heterocycles. The maximum absolute atomic E-state index is 12.1. The van der Waals surface area contributed by atoms with Crippen LogP contribution in [-0.2, 0) is 10.2 Å². The Morgan fingerprint density at radius 3 is 2.39 bits per heavy atom. The average molecular weight is 311 g/mol. The number of nitrogens with one attached hydrogen (secondary N) is 1. The molecule has 0 saturated carbocycles. The van der Waals surface area contributed by atoms with Gasteiger partial charge in [-0.05, 0) is 54.2 Å². The van der Waals surface area contributed by atoms with Crippen LogP contribution in [0.25, 0.3) is 0 Å². The van der Waals surface area contributed by atoms with Crippen LogP contribution in [0.2, 0.25) is 0 Å². The average Bonchev–Trinajstić information content (AvgIpc) is 2.44. The van der Waals surface area contributed by atoms with Crippen molar-refractivity contribution in [3.8, 4) is 5.75 Å². The fourth-order valence-electron chi connectivity index (χ4n) is 2.43. The van der Waals surface area contributed by atoms with Crippen LogP contribution in [0.4, 0.5) is 5.69 Å². The third kappa shape index (κ3) is 4.85. The smallest absolute Gasteiger partial charge is 0.262 e. The van der Waals surface area contributed by atoms with E-state index in [0.717, 1.165) is 28.1 Å². The van der Waals surface area contributed by atoms with Gasteiger partial charge >= 0.3 is 0 Å². The third-order valence-corrected chi connectivity index (χ3v) is 3.61. The summed E-state index contributed by atoms with van der Waals surface area (Å²) in [4.78, 5) is 12.1. The van der Waals surface area contributed by atoms with E-state index < -0.39 is 0 Å². The normalized spacial score (nSPS) is 11.2. The molecule has 0 bridgehead atoms. The Kier molecular flexibility index (Phi) is 5.09. The minimum absolute atomic E-state index is 0.000471. The minimum atomic E-state index is -0.156. The number of rotatable bonds is 4. The molecule has 0 aliphatic heterocycles. The van der Waals surface area contributed by atoms with Gasteiger partial charge in [-0.1, -0.05) is 45.0 Å². The van der Waals surface area contributed by atoms with Crippen molar-refractivity contribution in [3.63, 3.8) is 0 Å². The van der Waals surface area contributed by atoms with Crippen molar-refractivity contribution in [2.45, 2.75) is 40.0 Å². The van der Waals surface area contributed by atoms with Crippen LogP contribution >= 0.6 is 0 Å². The molecule has 2 aromatic carbocycles. The Balaban J connectivity index is 2.06. The van der Waals surface area contributed by atoms with Crippen molar-refractivity contribution in [2.75, 3.05) is 11.9 Å². The van der Waals surface area contributed by atoms with Gasteiger partial charge in [-0.15, -0.1) is 0 Å². The Hall–Kier alpha value is -2.29. The number of amides is 1. The number of anilines is 1. The van der Waals surface area contributed by atoms with Crippen molar-refractivity contribution in [1.82, 2.24) is 0 Å². The number of ether oxygens (including phenoxy) is 1. The summed E-state index contributed by atoms with van der Waals surface area (Å²) in [7, 11) is 0. The lowest BCUT2D eigenvalue weighted by Crippen LogP contribution is -2.22. The van der Waals surface area contributed by atoms with Crippen LogP contribution in [0.3, 0.4) is 0 Å². The van der Waals surface area contributed by atoms with E-state index >= 15 is 0 Å². The Morgan fingerprint density at radius 1 is 1.04 bits per heavy atom. The van der Waals surface area contributed by atoms with Gasteiger partial charge < -0.3 is 10.1 Å². The molecule has 0 atom stereocenters. The first-order chi connectivity index (χ1) is 10.8. The van der Waals surface area contributed by atoms with Crippen LogP contribution in [0.5, 0.6) is 5.75 Å². The van der Waals surface area contributed by atoms with E-state index in [1.807, 2.05) is 44.2 Å². The first-order valence-electron chi connectivity index (χ1n) is 7.86. The Bertz CT molecular complexity index is 699. The largest absolute Gasteiger partial charge is 0.483 e. The topological polar surface area (TPSA) is 38.3 Å². The number of carbonyl (C=O) groups excluding carboxylic acids is 1. The van der Waals surface area contributed by atoms with Gasteiger partial charge in [0, 0.05) is 5.69 Å². The molecule has 0 heterocycles. The van der Waals surface area contributed by atoms with Gasteiger partial charge in [0.1, 0.15) is 5.75 Å². The number of hydrogen-bond acceptors (Lipinski definition) is 2. The Labute approximate surface area is 138 Å². The van der Waals surface area contributed by atoms with Gasteiger partial charge in [0.15, 0.2) is 6.61 Å². The van der Waals surface area contributed by atoms with Gasteiger partial charge in [-0.2, -0.15) is 0 Å². The Morgan fingerprint density at radius 2 is 1.74 bits per heavy atom. The summed E-state index contributed by atoms with van der Waals surface area (Å²) in [6.07, 6.45) is 0. The number of aryl methyl sites for hydroxylation is 2. The molecule has 0 radical (unpaired) electrons. The summed E-state index contributed by atoms with van der Waals surface area (Å²) in [6, 6.07) is 13.9. The zero-order valence-electron chi connectivity index (χ0n) is 14.6. The van der Waals surface area contributed by atoms with Crippen LogP contribution in [0.1, 0.15) is 37.5 Å². The molecular weight excluding hydrogens is 286 g/mol. The highest BCUT2D eigenvalue weighted by Crippen LogP contribution is 2.32. The van der Waals surface area contributed by atoms with E-state index in [1.165, 1.54) is 0 Å². The highest BCUT2D eigenvalue weighted by atomic mass is 16.5. The molecule has 2 aromatic rings. The van der Waals surface area contributed by atoms with Crippen LogP contribution in [0.15, 0.2) is 42.5 Å². The molecule has 1 amide bonds. The molecule has 3 nitrogen and oxygen atoms in total. The molecule has 0 aliphatic rings. The van der Waals surface area contributed by atoms with Gasteiger partial charge in [-0.25, -0.2) is 0 Å². The van der Waals surface area contributed by atoms with Gasteiger partial charge in [0.05, 0.1) is 0 Å². The van der Waals surface area contributed by atoms with E-state index in [1.54, 1.807) is 0 Å². The SMILES string of the molecule is Cc1cccc(NC(=O)COc2cc(C)ccc2C(C)(C)C)c1. The first-order valence-corrected chi connectivity index (χ1v) is 7.86. The predicted octanol–water partition coefficient (Wildman–Crippen LogP) is 4.62. The van der Waals surface area contributed by atoms with Crippen LogP contribution < -0.4 is 10.1 Å². The quantitative estimate of drug-likeness (QED) is 0.895. The molecule has 122 valence electrons. The zero-order chi connectivity index (χ0) is 17.0. The maximum atomic E-state index is 12.1. The molecule has 0 spiro atoms. The minimum Gasteiger partial charge on any atom is -0.483 e. The van der Waals surface area contributed by atoms with Crippen molar-refractivity contribution >= 4 is 11.6 Å². The lowest BCUT2D eigenvalue weighted by Gasteiger charge is -2.23. The fraction of sp³-hybridized carbons (Fsp3) is 0.350. The standard InChI is InChI=1S/C20H25NO2/c1-14-7-6-8-16(11-14)21-19(22)13-23-18-12-15(2)9-10-17(18)20(3,4)5/h6-12H,13H2,1-5H3,(H,21,22). The van der Waals surface area contributed by atoms with Crippen molar-refractivity contribution in [2.24, 2.45) is 0 Å². The summed E-state index contributed by atoms with van der Waals surface area (Å²) in [5.41, 5.74) is 4.09. The molecule has 0 fully saturated rings. The van der Waals surface area contributed by atoms with Gasteiger partial charge in [-0.3, -0.25) is 4.79 Å². The van der Waals surface area contributed by atoms with Gasteiger partial charge in [0.25, 0.3) is 5.91 Å². The van der Waals surface area contributed by atoms with Crippen LogP contribution in [0, 0.1) is 13.8 Å². The third-order valence-electron chi connectivity index (χ3n) is 3.61. The van der Waals surface area contributed by atoms with Crippen molar-refractivity contribution in [3.05, 3.63) is 59.2 Å². The maximum Gasteiger partial charge on any atom is 0.262 e. The second kappa shape index (κ2) is 6.86. The zero-order valence-corrected chi connectivity index (χ0v) is 14.6. The first kappa shape index (κ1) is 17.1. The van der Waals surface area contributed by atoms with Crippen molar-refractivity contribution < 1.29 is 9.53 Å². The van der Waals surface area contributed by atoms with Crippen LogP contribution in [-0.4, -0.2) is 12.5 Å². The summed E-state index contributed by atoms with van der Waals surface area (Å²) in [5.74, 6) is 0.619. The van der Waals surface area contributed by atoms with E-state index in [-0.39, 0.29) is 17.9 Å². The predicted molar refractivity (Wildman–Crippen MR) is 95.2 cm³/mol. The van der Waals surface area contributed by atoms with Crippen molar-refractivity contribution in [1.29, 1.82) is 0 Å². The highest BCUT2D eigenvalue weighted by Gasteiger charge is 2.19. The summed E-state index contributed by atoms with van der Waals surface area (Å²) >= 11 is 0. The molecule has 3 heteroatoms. The van der Waals surface area contributed by atoms with Gasteiger partial charge in [0.2, 0.25) is 0 Å². The molecule has 2 rings (SSSR count). The summed E-state index contributed by atoms with van der Waals surface area (Å²) in [6.45, 7) is 10.4. The highest BCUT2D eigenvalue weighted by molar-refractivity contribution is 5.91.